The monoisotopic (exact) mass is 208 g/mol. The van der Waals surface area contributed by atoms with Crippen molar-refractivity contribution in [1.29, 1.82) is 0 Å². The fraction of sp³-hybridized carbons (Fsp3) is 1.00. The van der Waals surface area contributed by atoms with Crippen LogP contribution in [0.25, 0.3) is 0 Å². The Morgan fingerprint density at radius 1 is 0.727 bits per heavy atom. The summed E-state index contributed by atoms with van der Waals surface area (Å²) in [5.41, 5.74) is 0. The van der Waals surface area contributed by atoms with Gasteiger partial charge in [-0.2, -0.15) is 0 Å². The molecule has 1 heteroatoms. The van der Waals surface area contributed by atoms with Gasteiger partial charge in [-0.05, 0) is 0 Å². The van der Waals surface area contributed by atoms with Crippen LogP contribution in [0.3, 0.4) is 0 Å². The van der Waals surface area contributed by atoms with E-state index < -0.39 is 0 Å². The normalized spacial score (nSPS) is 8.00. The molecule has 0 heterocycles. The molecule has 0 aliphatic carbocycles. The van der Waals surface area contributed by atoms with E-state index in [4.69, 9.17) is 0 Å². The molecule has 0 amide bonds. The van der Waals surface area contributed by atoms with Gasteiger partial charge < -0.3 is 0 Å². The van der Waals surface area contributed by atoms with Gasteiger partial charge in [0.05, 0.1) is 0 Å². The van der Waals surface area contributed by atoms with Crippen molar-refractivity contribution in [2.45, 2.75) is 63.4 Å². The van der Waals surface area contributed by atoms with Gasteiger partial charge in [0.2, 0.25) is 0 Å². The predicted molar refractivity (Wildman–Crippen MR) is 50.8 cm³/mol. The molecular weight excluding hydrogens is 185 g/mol. The Morgan fingerprint density at radius 2 is 1.09 bits per heavy atom. The topological polar surface area (TPSA) is 0 Å². The molecule has 66 valence electrons. The molecule has 11 heavy (non-hydrogen) atoms. The molecule has 0 nitrogen and oxygen atoms in total. The van der Waals surface area contributed by atoms with Crippen LogP contribution in [0.15, 0.2) is 0 Å². The molecule has 0 N–H and O–H groups in total. The Hall–Kier alpha value is 0.623. The van der Waals surface area contributed by atoms with Crippen LogP contribution in [0.2, 0.25) is 10.0 Å². The Balaban J connectivity index is 0. The zero-order valence-electron chi connectivity index (χ0n) is 8.95. The van der Waals surface area contributed by atoms with Gasteiger partial charge in [-0.25, -0.2) is 0 Å². The third kappa shape index (κ3) is 25.0. The second kappa shape index (κ2) is 16.9. The first kappa shape index (κ1) is 14.2. The summed E-state index contributed by atoms with van der Waals surface area (Å²) in [4.78, 5) is 0. The summed E-state index contributed by atoms with van der Waals surface area (Å²) in [5.74, 6) is 0. The summed E-state index contributed by atoms with van der Waals surface area (Å²) in [6.45, 7) is 9.05. The standard InChI is InChI=1S/C6H14.2C2H5.Zn/c1-3-5-6-4-2;2*1-2;/h3-6H2,1-2H3;2*1H2,2H3;. The van der Waals surface area contributed by atoms with Crippen molar-refractivity contribution in [1.82, 2.24) is 0 Å². The summed E-state index contributed by atoms with van der Waals surface area (Å²) in [6.07, 6.45) is 5.54. The van der Waals surface area contributed by atoms with Gasteiger partial charge in [0.15, 0.2) is 0 Å². The van der Waals surface area contributed by atoms with E-state index in [1.807, 2.05) is 0 Å². The van der Waals surface area contributed by atoms with Crippen LogP contribution < -0.4 is 0 Å². The molecule has 0 aromatic heterocycles. The van der Waals surface area contributed by atoms with Crippen LogP contribution in [-0.4, -0.2) is 0 Å². The third-order valence-corrected chi connectivity index (χ3v) is 4.63. The Labute approximate surface area is 80.8 Å². The van der Waals surface area contributed by atoms with E-state index in [-0.39, 0.29) is 17.1 Å². The zero-order chi connectivity index (χ0) is 8.95. The maximum absolute atomic E-state index is 2.30. The molecule has 0 aliphatic rings. The number of hydrogen-bond donors (Lipinski definition) is 0. The molecule has 0 bridgehead atoms. The molecule has 0 atom stereocenters. The van der Waals surface area contributed by atoms with E-state index in [9.17, 15) is 0 Å². The molecule has 0 aromatic rings. The van der Waals surface area contributed by atoms with Gasteiger partial charge in [-0.15, -0.1) is 0 Å². The molecule has 0 fully saturated rings. The van der Waals surface area contributed by atoms with E-state index in [1.165, 1.54) is 35.7 Å². The summed E-state index contributed by atoms with van der Waals surface area (Å²) < 4.78 is 0. The maximum atomic E-state index is 2.30. The predicted octanol–water partition coefficient (Wildman–Crippen LogP) is 4.53. The summed E-state index contributed by atoms with van der Waals surface area (Å²) in [7, 11) is 0. The molecule has 0 radical (unpaired) electrons. The molecule has 0 unspecified atom stereocenters. The number of unbranched alkanes of at least 4 members (excludes halogenated alkanes) is 3. The van der Waals surface area contributed by atoms with E-state index in [0.29, 0.717) is 0 Å². The van der Waals surface area contributed by atoms with Gasteiger partial charge in [0, 0.05) is 0 Å². The fourth-order valence-electron chi connectivity index (χ4n) is 0.854. The van der Waals surface area contributed by atoms with Crippen molar-refractivity contribution in [3.63, 3.8) is 0 Å². The van der Waals surface area contributed by atoms with Gasteiger partial charge in [0.1, 0.15) is 0 Å². The number of rotatable bonds is 5. The summed E-state index contributed by atoms with van der Waals surface area (Å²) in [5, 5.41) is 3.06. The Bertz CT molecular complexity index is 38.1. The van der Waals surface area contributed by atoms with Gasteiger partial charge in [-0.1, -0.05) is 39.5 Å². The van der Waals surface area contributed by atoms with Crippen LogP contribution in [0.1, 0.15) is 53.4 Å². The average Bonchev–Trinajstić information content (AvgIpc) is 2.04. The van der Waals surface area contributed by atoms with Crippen molar-refractivity contribution in [2.75, 3.05) is 0 Å². The third-order valence-electron chi connectivity index (χ3n) is 1.66. The zero-order valence-corrected chi connectivity index (χ0v) is 11.9. The van der Waals surface area contributed by atoms with Crippen LogP contribution in [0.4, 0.5) is 0 Å². The average molecular weight is 210 g/mol. The van der Waals surface area contributed by atoms with E-state index in [2.05, 4.69) is 27.7 Å². The van der Waals surface area contributed by atoms with Crippen LogP contribution in [-0.2, 0) is 17.1 Å². The quantitative estimate of drug-likeness (QED) is 0.461. The van der Waals surface area contributed by atoms with Gasteiger partial charge in [0.25, 0.3) is 0 Å². The summed E-state index contributed by atoms with van der Waals surface area (Å²) >= 11 is 0.0972. The fourth-order valence-corrected chi connectivity index (χ4v) is 2.34. The van der Waals surface area contributed by atoms with E-state index in [1.54, 1.807) is 0 Å². The SMILES string of the molecule is CCCCCC.C[CH2][Zn][CH2]C. The minimum absolute atomic E-state index is 0.0972. The van der Waals surface area contributed by atoms with E-state index in [0.717, 1.165) is 0 Å². The van der Waals surface area contributed by atoms with Crippen LogP contribution >= 0.6 is 0 Å². The number of hydrogen-bond acceptors (Lipinski definition) is 0. The molecule has 0 saturated heterocycles. The second-order valence-corrected chi connectivity index (χ2v) is 8.74. The molecule has 0 aliphatic heterocycles. The van der Waals surface area contributed by atoms with Crippen molar-refractivity contribution >= 4 is 0 Å². The van der Waals surface area contributed by atoms with Crippen molar-refractivity contribution in [3.05, 3.63) is 0 Å². The molecule has 0 spiro atoms. The first-order chi connectivity index (χ1) is 5.33. The second-order valence-electron chi connectivity index (χ2n) is 3.06. The first-order valence-corrected chi connectivity index (χ1v) is 9.52. The first-order valence-electron chi connectivity index (χ1n) is 5.33. The Kier molecular flexibility index (Phi) is 21.8. The molecular formula is C10H24Zn. The summed E-state index contributed by atoms with van der Waals surface area (Å²) in [6, 6.07) is 0. The molecule has 0 aromatic carbocycles. The van der Waals surface area contributed by atoms with Crippen molar-refractivity contribution in [3.8, 4) is 0 Å². The van der Waals surface area contributed by atoms with Gasteiger partial charge in [-0.3, -0.25) is 0 Å². The molecule has 0 saturated carbocycles. The van der Waals surface area contributed by atoms with E-state index >= 15 is 0 Å². The minimum atomic E-state index is 0.0972. The van der Waals surface area contributed by atoms with Crippen LogP contribution in [0, 0.1) is 0 Å². The molecule has 0 rings (SSSR count). The van der Waals surface area contributed by atoms with Crippen LogP contribution in [0.5, 0.6) is 0 Å². The van der Waals surface area contributed by atoms with Crippen molar-refractivity contribution in [2.24, 2.45) is 0 Å². The Morgan fingerprint density at radius 3 is 1.18 bits per heavy atom. The van der Waals surface area contributed by atoms with Gasteiger partial charge >= 0.3 is 41.0 Å². The van der Waals surface area contributed by atoms with Crippen molar-refractivity contribution < 1.29 is 17.1 Å².